The van der Waals surface area contributed by atoms with Crippen molar-refractivity contribution in [2.24, 2.45) is 29.1 Å². The standard InChI is InChI=1S/C18H32O/c1-4-13(2)14(3)19-6-5-18-10-15-7-16(11-18)9-17(8-15)12-18/h13-17H,4-12H2,1-3H3. The molecule has 4 aliphatic rings. The molecule has 4 saturated carbocycles. The molecule has 4 rings (SSSR count). The van der Waals surface area contributed by atoms with Crippen LogP contribution in [0.15, 0.2) is 0 Å². The zero-order valence-electron chi connectivity index (χ0n) is 13.2. The van der Waals surface area contributed by atoms with E-state index in [2.05, 4.69) is 20.8 Å². The Morgan fingerprint density at radius 2 is 1.53 bits per heavy atom. The Balaban J connectivity index is 1.50. The zero-order chi connectivity index (χ0) is 13.5. The molecule has 19 heavy (non-hydrogen) atoms. The molecule has 1 nitrogen and oxygen atoms in total. The Labute approximate surface area is 119 Å². The van der Waals surface area contributed by atoms with Crippen LogP contribution >= 0.6 is 0 Å². The fourth-order valence-electron chi connectivity index (χ4n) is 5.55. The van der Waals surface area contributed by atoms with E-state index < -0.39 is 0 Å². The van der Waals surface area contributed by atoms with Crippen LogP contribution in [-0.2, 0) is 4.74 Å². The summed E-state index contributed by atoms with van der Waals surface area (Å²) in [6.45, 7) is 7.85. The smallest absolute Gasteiger partial charge is 0.0572 e. The summed E-state index contributed by atoms with van der Waals surface area (Å²) in [5.41, 5.74) is 0.698. The van der Waals surface area contributed by atoms with Crippen LogP contribution in [0.4, 0.5) is 0 Å². The Morgan fingerprint density at radius 3 is 2.00 bits per heavy atom. The Kier molecular flexibility index (Phi) is 3.95. The van der Waals surface area contributed by atoms with Crippen molar-refractivity contribution in [3.8, 4) is 0 Å². The second kappa shape index (κ2) is 5.39. The van der Waals surface area contributed by atoms with Crippen molar-refractivity contribution in [3.05, 3.63) is 0 Å². The molecule has 2 atom stereocenters. The van der Waals surface area contributed by atoms with Gasteiger partial charge in [-0.25, -0.2) is 0 Å². The molecule has 0 aromatic rings. The maximum atomic E-state index is 6.13. The highest BCUT2D eigenvalue weighted by Gasteiger charge is 2.50. The van der Waals surface area contributed by atoms with Crippen LogP contribution in [0.25, 0.3) is 0 Å². The van der Waals surface area contributed by atoms with Crippen LogP contribution in [0, 0.1) is 29.1 Å². The van der Waals surface area contributed by atoms with Crippen molar-refractivity contribution in [1.29, 1.82) is 0 Å². The quantitative estimate of drug-likeness (QED) is 0.652. The summed E-state index contributed by atoms with van der Waals surface area (Å²) < 4.78 is 6.13. The van der Waals surface area contributed by atoms with Crippen molar-refractivity contribution in [2.75, 3.05) is 6.61 Å². The van der Waals surface area contributed by atoms with Gasteiger partial charge in [0.2, 0.25) is 0 Å². The average Bonchev–Trinajstić information content (AvgIpc) is 2.35. The van der Waals surface area contributed by atoms with Gasteiger partial charge in [0.1, 0.15) is 0 Å². The molecule has 0 spiro atoms. The molecule has 0 N–H and O–H groups in total. The highest BCUT2D eigenvalue weighted by Crippen LogP contribution is 2.61. The topological polar surface area (TPSA) is 9.23 Å². The van der Waals surface area contributed by atoms with Gasteiger partial charge in [0, 0.05) is 6.61 Å². The van der Waals surface area contributed by atoms with E-state index in [0.717, 1.165) is 24.4 Å². The van der Waals surface area contributed by atoms with Crippen molar-refractivity contribution < 1.29 is 4.74 Å². The van der Waals surface area contributed by atoms with E-state index in [-0.39, 0.29) is 0 Å². The van der Waals surface area contributed by atoms with Crippen LogP contribution in [0.1, 0.15) is 72.1 Å². The number of rotatable bonds is 6. The minimum absolute atomic E-state index is 0.443. The summed E-state index contributed by atoms with van der Waals surface area (Å²) in [6.07, 6.45) is 12.3. The highest BCUT2D eigenvalue weighted by molar-refractivity contribution is 5.01. The first-order valence-electron chi connectivity index (χ1n) is 8.72. The molecule has 1 heteroatoms. The Morgan fingerprint density at radius 1 is 1.00 bits per heavy atom. The number of hydrogen-bond donors (Lipinski definition) is 0. The molecule has 0 aliphatic heterocycles. The van der Waals surface area contributed by atoms with Gasteiger partial charge >= 0.3 is 0 Å². The fourth-order valence-corrected chi connectivity index (χ4v) is 5.55. The Bertz CT molecular complexity index is 274. The van der Waals surface area contributed by atoms with Crippen molar-refractivity contribution in [1.82, 2.24) is 0 Å². The van der Waals surface area contributed by atoms with Gasteiger partial charge in [0.25, 0.3) is 0 Å². The van der Waals surface area contributed by atoms with Gasteiger partial charge in [-0.1, -0.05) is 20.3 Å². The van der Waals surface area contributed by atoms with Crippen LogP contribution in [0.5, 0.6) is 0 Å². The maximum Gasteiger partial charge on any atom is 0.0572 e. The first-order valence-corrected chi connectivity index (χ1v) is 8.72. The van der Waals surface area contributed by atoms with Gasteiger partial charge in [-0.2, -0.15) is 0 Å². The molecule has 2 unspecified atom stereocenters. The average molecular weight is 264 g/mol. The zero-order valence-corrected chi connectivity index (χ0v) is 13.2. The van der Waals surface area contributed by atoms with Crippen LogP contribution in [0.3, 0.4) is 0 Å². The molecule has 0 aromatic carbocycles. The van der Waals surface area contributed by atoms with E-state index in [4.69, 9.17) is 4.74 Å². The van der Waals surface area contributed by atoms with Crippen LogP contribution in [-0.4, -0.2) is 12.7 Å². The molecule has 0 heterocycles. The van der Waals surface area contributed by atoms with Crippen LogP contribution < -0.4 is 0 Å². The van der Waals surface area contributed by atoms with Crippen molar-refractivity contribution >= 4 is 0 Å². The summed E-state index contributed by atoms with van der Waals surface area (Å²) in [7, 11) is 0. The number of ether oxygens (including phenoxy) is 1. The minimum Gasteiger partial charge on any atom is -0.378 e. The van der Waals surface area contributed by atoms with Gasteiger partial charge < -0.3 is 4.74 Å². The highest BCUT2D eigenvalue weighted by atomic mass is 16.5. The molecule has 110 valence electrons. The molecular formula is C18H32O. The molecule has 0 saturated heterocycles. The molecule has 4 fully saturated rings. The molecule has 0 aromatic heterocycles. The predicted molar refractivity (Wildman–Crippen MR) is 80.1 cm³/mol. The third-order valence-corrected chi connectivity index (χ3v) is 6.62. The molecule has 4 bridgehead atoms. The van der Waals surface area contributed by atoms with Gasteiger partial charge in [0.15, 0.2) is 0 Å². The normalized spacial score (nSPS) is 43.4. The molecule has 4 aliphatic carbocycles. The van der Waals surface area contributed by atoms with E-state index in [0.29, 0.717) is 17.4 Å². The summed E-state index contributed by atoms with van der Waals surface area (Å²) in [4.78, 5) is 0. The number of hydrogen-bond acceptors (Lipinski definition) is 1. The lowest BCUT2D eigenvalue weighted by molar-refractivity contribution is -0.0777. The van der Waals surface area contributed by atoms with Crippen molar-refractivity contribution in [3.63, 3.8) is 0 Å². The lowest BCUT2D eigenvalue weighted by Gasteiger charge is -2.57. The fraction of sp³-hybridized carbons (Fsp3) is 1.00. The van der Waals surface area contributed by atoms with Crippen LogP contribution in [0.2, 0.25) is 0 Å². The lowest BCUT2D eigenvalue weighted by Crippen LogP contribution is -2.46. The van der Waals surface area contributed by atoms with Gasteiger partial charge in [-0.3, -0.25) is 0 Å². The second-order valence-electron chi connectivity index (χ2n) is 8.13. The van der Waals surface area contributed by atoms with E-state index in [9.17, 15) is 0 Å². The monoisotopic (exact) mass is 264 g/mol. The maximum absolute atomic E-state index is 6.13. The predicted octanol–water partition coefficient (Wildman–Crippen LogP) is 5.04. The van der Waals surface area contributed by atoms with E-state index in [1.165, 1.54) is 32.1 Å². The van der Waals surface area contributed by atoms with E-state index in [1.54, 1.807) is 19.3 Å². The largest absolute Gasteiger partial charge is 0.378 e. The van der Waals surface area contributed by atoms with E-state index in [1.807, 2.05) is 0 Å². The summed E-state index contributed by atoms with van der Waals surface area (Å²) in [5, 5.41) is 0. The molecule has 0 radical (unpaired) electrons. The van der Waals surface area contributed by atoms with Gasteiger partial charge in [-0.05, 0) is 81.0 Å². The van der Waals surface area contributed by atoms with E-state index >= 15 is 0 Å². The third kappa shape index (κ3) is 2.86. The third-order valence-electron chi connectivity index (χ3n) is 6.62. The summed E-state index contributed by atoms with van der Waals surface area (Å²) in [5.74, 6) is 3.95. The molecular weight excluding hydrogens is 232 g/mol. The first kappa shape index (κ1) is 13.9. The van der Waals surface area contributed by atoms with Gasteiger partial charge in [-0.15, -0.1) is 0 Å². The summed E-state index contributed by atoms with van der Waals surface area (Å²) >= 11 is 0. The second-order valence-corrected chi connectivity index (χ2v) is 8.13. The van der Waals surface area contributed by atoms with Crippen molar-refractivity contribution in [2.45, 2.75) is 78.2 Å². The SMILES string of the molecule is CCC(C)C(C)OCCC12CC3CC(CC(C3)C1)C2. The lowest BCUT2D eigenvalue weighted by atomic mass is 9.49. The van der Waals surface area contributed by atoms with Gasteiger partial charge in [0.05, 0.1) is 6.10 Å². The molecule has 0 amide bonds. The summed E-state index contributed by atoms with van der Waals surface area (Å²) in [6, 6.07) is 0. The first-order chi connectivity index (χ1) is 9.10. The minimum atomic E-state index is 0.443. The Hall–Kier alpha value is -0.0400.